The first-order chi connectivity index (χ1) is 10.3. The zero-order valence-corrected chi connectivity index (χ0v) is 12.9. The van der Waals surface area contributed by atoms with Crippen LogP contribution in [0.15, 0.2) is 30.3 Å². The third-order valence-corrected chi connectivity index (χ3v) is 2.95. The number of nitrogens with one attached hydrogen (secondary N) is 1. The SMILES string of the molecule is CCCCOCCCNC(=O)/C=C/c1ccc(OC)cc1. The van der Waals surface area contributed by atoms with Crippen LogP contribution in [-0.4, -0.2) is 32.8 Å². The van der Waals surface area contributed by atoms with Gasteiger partial charge in [0.2, 0.25) is 5.91 Å². The zero-order chi connectivity index (χ0) is 15.3. The fourth-order valence-electron chi connectivity index (χ4n) is 1.68. The Morgan fingerprint density at radius 2 is 1.90 bits per heavy atom. The molecule has 0 aliphatic rings. The van der Waals surface area contributed by atoms with Crippen molar-refractivity contribution in [3.8, 4) is 5.75 Å². The topological polar surface area (TPSA) is 47.6 Å². The fourth-order valence-corrected chi connectivity index (χ4v) is 1.68. The highest BCUT2D eigenvalue weighted by atomic mass is 16.5. The van der Waals surface area contributed by atoms with Crippen molar-refractivity contribution in [1.29, 1.82) is 0 Å². The van der Waals surface area contributed by atoms with Gasteiger partial charge in [-0.2, -0.15) is 0 Å². The molecule has 0 bridgehead atoms. The first-order valence-electron chi connectivity index (χ1n) is 7.44. The van der Waals surface area contributed by atoms with Crippen molar-refractivity contribution in [1.82, 2.24) is 5.32 Å². The predicted molar refractivity (Wildman–Crippen MR) is 85.4 cm³/mol. The van der Waals surface area contributed by atoms with Gasteiger partial charge in [0, 0.05) is 25.8 Å². The maximum atomic E-state index is 11.6. The van der Waals surface area contributed by atoms with Crippen LogP contribution in [0.3, 0.4) is 0 Å². The van der Waals surface area contributed by atoms with Gasteiger partial charge >= 0.3 is 0 Å². The van der Waals surface area contributed by atoms with E-state index in [-0.39, 0.29) is 5.91 Å². The number of hydrogen-bond donors (Lipinski definition) is 1. The largest absolute Gasteiger partial charge is 0.497 e. The molecule has 0 fully saturated rings. The summed E-state index contributed by atoms with van der Waals surface area (Å²) < 4.78 is 10.5. The summed E-state index contributed by atoms with van der Waals surface area (Å²) in [5.74, 6) is 0.721. The van der Waals surface area contributed by atoms with E-state index in [0.717, 1.165) is 37.2 Å². The van der Waals surface area contributed by atoms with Gasteiger partial charge in [0.1, 0.15) is 5.75 Å². The number of rotatable bonds is 10. The van der Waals surface area contributed by atoms with Crippen LogP contribution >= 0.6 is 0 Å². The Bertz CT molecular complexity index is 426. The average Bonchev–Trinajstić information content (AvgIpc) is 2.52. The molecule has 1 N–H and O–H groups in total. The average molecular weight is 291 g/mol. The number of unbranched alkanes of at least 4 members (excludes halogenated alkanes) is 1. The predicted octanol–water partition coefficient (Wildman–Crippen LogP) is 3.03. The van der Waals surface area contributed by atoms with E-state index in [2.05, 4.69) is 12.2 Å². The van der Waals surface area contributed by atoms with Crippen LogP contribution in [0.5, 0.6) is 5.75 Å². The van der Waals surface area contributed by atoms with Crippen LogP contribution in [0.1, 0.15) is 31.7 Å². The van der Waals surface area contributed by atoms with Crippen molar-refractivity contribution < 1.29 is 14.3 Å². The molecule has 0 saturated heterocycles. The summed E-state index contributed by atoms with van der Waals surface area (Å²) >= 11 is 0. The molecule has 116 valence electrons. The normalized spacial score (nSPS) is 10.8. The molecule has 0 radical (unpaired) electrons. The molecular formula is C17H25NO3. The number of carbonyl (C=O) groups excluding carboxylic acids is 1. The summed E-state index contributed by atoms with van der Waals surface area (Å²) in [5, 5.41) is 2.84. The quantitative estimate of drug-likeness (QED) is 0.532. The first-order valence-corrected chi connectivity index (χ1v) is 7.44. The molecule has 1 aromatic carbocycles. The first kappa shape index (κ1) is 17.2. The standard InChI is InChI=1S/C17H25NO3/c1-3-4-13-21-14-5-12-18-17(19)11-8-15-6-9-16(20-2)10-7-15/h6-11H,3-5,12-14H2,1-2H3,(H,18,19)/b11-8+. The molecule has 0 atom stereocenters. The maximum Gasteiger partial charge on any atom is 0.244 e. The van der Waals surface area contributed by atoms with E-state index in [1.807, 2.05) is 24.3 Å². The highest BCUT2D eigenvalue weighted by Crippen LogP contribution is 2.12. The summed E-state index contributed by atoms with van der Waals surface area (Å²) in [4.78, 5) is 11.6. The summed E-state index contributed by atoms with van der Waals surface area (Å²) in [6.07, 6.45) is 6.40. The number of amides is 1. The van der Waals surface area contributed by atoms with Gasteiger partial charge in [0.15, 0.2) is 0 Å². The van der Waals surface area contributed by atoms with Gasteiger partial charge in [-0.25, -0.2) is 0 Å². The number of hydrogen-bond acceptors (Lipinski definition) is 3. The van der Waals surface area contributed by atoms with E-state index < -0.39 is 0 Å². The Morgan fingerprint density at radius 3 is 2.57 bits per heavy atom. The summed E-state index contributed by atoms with van der Waals surface area (Å²) in [7, 11) is 1.63. The minimum Gasteiger partial charge on any atom is -0.497 e. The fraction of sp³-hybridized carbons (Fsp3) is 0.471. The van der Waals surface area contributed by atoms with Gasteiger partial charge in [-0.15, -0.1) is 0 Å². The van der Waals surface area contributed by atoms with Crippen molar-refractivity contribution in [2.24, 2.45) is 0 Å². The van der Waals surface area contributed by atoms with E-state index >= 15 is 0 Å². The van der Waals surface area contributed by atoms with Gasteiger partial charge < -0.3 is 14.8 Å². The molecule has 0 spiro atoms. The van der Waals surface area contributed by atoms with Crippen LogP contribution in [0.2, 0.25) is 0 Å². The Morgan fingerprint density at radius 1 is 1.19 bits per heavy atom. The second-order valence-electron chi connectivity index (χ2n) is 4.72. The lowest BCUT2D eigenvalue weighted by molar-refractivity contribution is -0.116. The Balaban J connectivity index is 2.16. The van der Waals surface area contributed by atoms with E-state index in [4.69, 9.17) is 9.47 Å². The van der Waals surface area contributed by atoms with E-state index in [1.165, 1.54) is 0 Å². The highest BCUT2D eigenvalue weighted by molar-refractivity contribution is 5.91. The van der Waals surface area contributed by atoms with Crippen molar-refractivity contribution in [3.63, 3.8) is 0 Å². The lowest BCUT2D eigenvalue weighted by Crippen LogP contribution is -2.23. The third kappa shape index (κ3) is 8.15. The van der Waals surface area contributed by atoms with Gasteiger partial charge in [-0.05, 0) is 36.6 Å². The van der Waals surface area contributed by atoms with Gasteiger partial charge in [0.05, 0.1) is 7.11 Å². The van der Waals surface area contributed by atoms with Crippen molar-refractivity contribution in [2.45, 2.75) is 26.2 Å². The van der Waals surface area contributed by atoms with Gasteiger partial charge in [-0.3, -0.25) is 4.79 Å². The molecule has 0 aliphatic carbocycles. The third-order valence-electron chi connectivity index (χ3n) is 2.95. The molecule has 0 saturated carbocycles. The van der Waals surface area contributed by atoms with E-state index in [9.17, 15) is 4.79 Å². The molecule has 0 aliphatic heterocycles. The van der Waals surface area contributed by atoms with Crippen LogP contribution < -0.4 is 10.1 Å². The van der Waals surface area contributed by atoms with Crippen LogP contribution in [-0.2, 0) is 9.53 Å². The summed E-state index contributed by atoms with van der Waals surface area (Å²) in [5.41, 5.74) is 0.967. The lowest BCUT2D eigenvalue weighted by Gasteiger charge is -2.04. The van der Waals surface area contributed by atoms with E-state index in [0.29, 0.717) is 13.2 Å². The second kappa shape index (κ2) is 10.9. The summed E-state index contributed by atoms with van der Waals surface area (Å²) in [6, 6.07) is 7.55. The van der Waals surface area contributed by atoms with Crippen LogP contribution in [0.25, 0.3) is 6.08 Å². The molecule has 0 unspecified atom stereocenters. The number of benzene rings is 1. The molecule has 1 rings (SSSR count). The van der Waals surface area contributed by atoms with Gasteiger partial charge in [0.25, 0.3) is 0 Å². The molecule has 21 heavy (non-hydrogen) atoms. The lowest BCUT2D eigenvalue weighted by atomic mass is 10.2. The van der Waals surface area contributed by atoms with Crippen molar-refractivity contribution in [3.05, 3.63) is 35.9 Å². The summed E-state index contributed by atoms with van der Waals surface area (Å²) in [6.45, 7) is 4.28. The maximum absolute atomic E-state index is 11.6. The molecule has 0 heterocycles. The molecular weight excluding hydrogens is 266 g/mol. The molecule has 1 amide bonds. The number of methoxy groups -OCH3 is 1. The number of ether oxygens (including phenoxy) is 2. The molecule has 4 heteroatoms. The Kier molecular flexibility index (Phi) is 8.96. The number of carbonyl (C=O) groups is 1. The van der Waals surface area contributed by atoms with Crippen LogP contribution in [0.4, 0.5) is 0 Å². The Labute approximate surface area is 127 Å². The minimum atomic E-state index is -0.0839. The molecule has 1 aromatic rings. The van der Waals surface area contributed by atoms with Gasteiger partial charge in [-0.1, -0.05) is 25.5 Å². The van der Waals surface area contributed by atoms with E-state index in [1.54, 1.807) is 19.3 Å². The smallest absolute Gasteiger partial charge is 0.244 e. The minimum absolute atomic E-state index is 0.0839. The van der Waals surface area contributed by atoms with Crippen LogP contribution in [0, 0.1) is 0 Å². The second-order valence-corrected chi connectivity index (χ2v) is 4.72. The molecule has 4 nitrogen and oxygen atoms in total. The molecule has 0 aromatic heterocycles. The Hall–Kier alpha value is -1.81. The zero-order valence-electron chi connectivity index (χ0n) is 12.9. The van der Waals surface area contributed by atoms with Crippen molar-refractivity contribution >= 4 is 12.0 Å². The highest BCUT2D eigenvalue weighted by Gasteiger charge is 1.96. The monoisotopic (exact) mass is 291 g/mol. The van der Waals surface area contributed by atoms with Crippen molar-refractivity contribution in [2.75, 3.05) is 26.9 Å².